The molecule has 0 aromatic heterocycles. The SMILES string of the molecule is CCNC(=NCCN(C)CC)N1CCN(Cc2ccc3c(c2)OCO3)CC1.I. The number of nitrogens with zero attached hydrogens (tertiary/aromatic N) is 4. The van der Waals surface area contributed by atoms with E-state index in [4.69, 9.17) is 14.5 Å². The minimum Gasteiger partial charge on any atom is -0.454 e. The lowest BCUT2D eigenvalue weighted by atomic mass is 10.1. The summed E-state index contributed by atoms with van der Waals surface area (Å²) in [4.78, 5) is 12.0. The quantitative estimate of drug-likeness (QED) is 0.350. The van der Waals surface area contributed by atoms with E-state index in [9.17, 15) is 0 Å². The molecule has 1 aromatic carbocycles. The number of nitrogens with one attached hydrogen (secondary N) is 1. The summed E-state index contributed by atoms with van der Waals surface area (Å²) in [7, 11) is 2.14. The van der Waals surface area contributed by atoms with Crippen molar-refractivity contribution in [1.29, 1.82) is 0 Å². The van der Waals surface area contributed by atoms with Crippen molar-refractivity contribution in [1.82, 2.24) is 20.0 Å². The highest BCUT2D eigenvalue weighted by molar-refractivity contribution is 14.0. The number of halogens is 1. The van der Waals surface area contributed by atoms with E-state index in [0.717, 1.165) is 76.4 Å². The van der Waals surface area contributed by atoms with E-state index in [-0.39, 0.29) is 24.0 Å². The van der Waals surface area contributed by atoms with Gasteiger partial charge in [-0.2, -0.15) is 0 Å². The van der Waals surface area contributed by atoms with Crippen LogP contribution in [0.15, 0.2) is 23.2 Å². The zero-order valence-corrected chi connectivity index (χ0v) is 19.6. The van der Waals surface area contributed by atoms with Crippen molar-refractivity contribution in [2.45, 2.75) is 20.4 Å². The second kappa shape index (κ2) is 11.7. The van der Waals surface area contributed by atoms with Crippen molar-refractivity contribution in [2.75, 3.05) is 66.2 Å². The van der Waals surface area contributed by atoms with Crippen LogP contribution in [0.2, 0.25) is 0 Å². The monoisotopic (exact) mass is 503 g/mol. The Bertz CT molecular complexity index is 635. The first-order chi connectivity index (χ1) is 13.2. The third-order valence-electron chi connectivity index (χ3n) is 5.13. The first-order valence-electron chi connectivity index (χ1n) is 10.0. The number of benzene rings is 1. The van der Waals surface area contributed by atoms with Crippen LogP contribution in [0.3, 0.4) is 0 Å². The van der Waals surface area contributed by atoms with Gasteiger partial charge in [0.15, 0.2) is 17.5 Å². The van der Waals surface area contributed by atoms with E-state index in [1.54, 1.807) is 0 Å². The Balaban J connectivity index is 0.00000280. The fourth-order valence-electron chi connectivity index (χ4n) is 3.33. The molecule has 28 heavy (non-hydrogen) atoms. The summed E-state index contributed by atoms with van der Waals surface area (Å²) >= 11 is 0. The number of rotatable bonds is 7. The van der Waals surface area contributed by atoms with Gasteiger partial charge in [-0.15, -0.1) is 24.0 Å². The van der Waals surface area contributed by atoms with Gasteiger partial charge in [0.25, 0.3) is 0 Å². The Morgan fingerprint density at radius 3 is 2.61 bits per heavy atom. The maximum Gasteiger partial charge on any atom is 0.231 e. The molecule has 158 valence electrons. The van der Waals surface area contributed by atoms with Crippen molar-refractivity contribution in [2.24, 2.45) is 4.99 Å². The van der Waals surface area contributed by atoms with Crippen LogP contribution in [-0.4, -0.2) is 86.9 Å². The molecule has 0 amide bonds. The predicted octanol–water partition coefficient (Wildman–Crippen LogP) is 2.07. The number of ether oxygens (including phenoxy) is 2. The number of hydrogen-bond acceptors (Lipinski definition) is 5. The summed E-state index contributed by atoms with van der Waals surface area (Å²) in [6, 6.07) is 6.25. The molecule has 8 heteroatoms. The summed E-state index contributed by atoms with van der Waals surface area (Å²) < 4.78 is 10.9. The van der Waals surface area contributed by atoms with Crippen molar-refractivity contribution < 1.29 is 9.47 Å². The minimum atomic E-state index is 0. The van der Waals surface area contributed by atoms with Crippen molar-refractivity contribution >= 4 is 29.9 Å². The van der Waals surface area contributed by atoms with Gasteiger partial charge in [-0.25, -0.2) is 0 Å². The molecule has 0 radical (unpaired) electrons. The normalized spacial score (nSPS) is 17.0. The van der Waals surface area contributed by atoms with Crippen LogP contribution in [0, 0.1) is 0 Å². The number of guanidine groups is 1. The third-order valence-corrected chi connectivity index (χ3v) is 5.13. The molecule has 0 bridgehead atoms. The summed E-state index contributed by atoms with van der Waals surface area (Å²) in [6.07, 6.45) is 0. The topological polar surface area (TPSA) is 52.6 Å². The molecule has 2 aliphatic heterocycles. The summed E-state index contributed by atoms with van der Waals surface area (Å²) in [6.45, 7) is 13.4. The second-order valence-electron chi connectivity index (χ2n) is 7.08. The van der Waals surface area contributed by atoms with Gasteiger partial charge in [-0.1, -0.05) is 13.0 Å². The fourth-order valence-corrected chi connectivity index (χ4v) is 3.33. The standard InChI is InChI=1S/C20H33N5O2.HI/c1-4-21-20(22-8-9-23(3)5-2)25-12-10-24(11-13-25)15-17-6-7-18-19(14-17)27-16-26-18;/h6-7,14H,4-5,8-13,15-16H2,1-3H3,(H,21,22);1H. The van der Waals surface area contributed by atoms with Gasteiger partial charge in [-0.05, 0) is 38.2 Å². The molecule has 0 unspecified atom stereocenters. The van der Waals surface area contributed by atoms with Crippen LogP contribution < -0.4 is 14.8 Å². The first-order valence-corrected chi connectivity index (χ1v) is 10.0. The summed E-state index contributed by atoms with van der Waals surface area (Å²) in [5, 5.41) is 3.45. The van der Waals surface area contributed by atoms with Crippen molar-refractivity contribution in [3.8, 4) is 11.5 Å². The molecular formula is C20H34IN5O2. The molecule has 1 aromatic rings. The number of fused-ring (bicyclic) bond motifs is 1. The molecule has 7 nitrogen and oxygen atoms in total. The second-order valence-corrected chi connectivity index (χ2v) is 7.08. The zero-order chi connectivity index (χ0) is 19.1. The Morgan fingerprint density at radius 1 is 1.14 bits per heavy atom. The van der Waals surface area contributed by atoms with Gasteiger partial charge in [-0.3, -0.25) is 9.89 Å². The van der Waals surface area contributed by atoms with Crippen LogP contribution in [0.25, 0.3) is 0 Å². The van der Waals surface area contributed by atoms with Gasteiger partial charge in [0.05, 0.1) is 6.54 Å². The van der Waals surface area contributed by atoms with Crippen LogP contribution in [-0.2, 0) is 6.54 Å². The summed E-state index contributed by atoms with van der Waals surface area (Å²) in [5.74, 6) is 2.76. The molecule has 2 heterocycles. The van der Waals surface area contributed by atoms with Gasteiger partial charge in [0, 0.05) is 45.8 Å². The van der Waals surface area contributed by atoms with Crippen LogP contribution in [0.5, 0.6) is 11.5 Å². The van der Waals surface area contributed by atoms with Crippen LogP contribution >= 0.6 is 24.0 Å². The van der Waals surface area contributed by atoms with Crippen molar-refractivity contribution in [3.05, 3.63) is 23.8 Å². The molecule has 3 rings (SSSR count). The van der Waals surface area contributed by atoms with Crippen molar-refractivity contribution in [3.63, 3.8) is 0 Å². The Labute approximate surface area is 186 Å². The summed E-state index contributed by atoms with van der Waals surface area (Å²) in [5.41, 5.74) is 1.27. The molecule has 1 saturated heterocycles. The zero-order valence-electron chi connectivity index (χ0n) is 17.3. The van der Waals surface area contributed by atoms with Crippen LogP contribution in [0.4, 0.5) is 0 Å². The van der Waals surface area contributed by atoms with Crippen LogP contribution in [0.1, 0.15) is 19.4 Å². The molecule has 0 saturated carbocycles. The largest absolute Gasteiger partial charge is 0.454 e. The number of likely N-dealkylation sites (N-methyl/N-ethyl adjacent to an activating group) is 1. The minimum absolute atomic E-state index is 0. The lowest BCUT2D eigenvalue weighted by molar-refractivity contribution is 0.171. The van der Waals surface area contributed by atoms with Gasteiger partial charge < -0.3 is 24.6 Å². The Kier molecular flexibility index (Phi) is 9.60. The first kappa shape index (κ1) is 23.0. The highest BCUT2D eigenvalue weighted by atomic mass is 127. The maximum absolute atomic E-state index is 5.49. The molecule has 2 aliphatic rings. The number of piperazine rings is 1. The van der Waals surface area contributed by atoms with E-state index < -0.39 is 0 Å². The van der Waals surface area contributed by atoms with Gasteiger partial charge >= 0.3 is 0 Å². The molecule has 0 aliphatic carbocycles. The van der Waals surface area contributed by atoms with Gasteiger partial charge in [0.1, 0.15) is 0 Å². The Morgan fingerprint density at radius 2 is 1.89 bits per heavy atom. The lowest BCUT2D eigenvalue weighted by Crippen LogP contribution is -2.52. The average molecular weight is 503 g/mol. The molecule has 1 fully saturated rings. The third kappa shape index (κ3) is 6.38. The van der Waals surface area contributed by atoms with E-state index in [0.29, 0.717) is 6.79 Å². The predicted molar refractivity (Wildman–Crippen MR) is 124 cm³/mol. The van der Waals surface area contributed by atoms with E-state index in [2.05, 4.69) is 53.0 Å². The van der Waals surface area contributed by atoms with Gasteiger partial charge in [0.2, 0.25) is 6.79 Å². The maximum atomic E-state index is 5.49. The highest BCUT2D eigenvalue weighted by Crippen LogP contribution is 2.32. The fraction of sp³-hybridized carbons (Fsp3) is 0.650. The van der Waals surface area contributed by atoms with E-state index >= 15 is 0 Å². The Hall–Kier alpha value is -1.26. The average Bonchev–Trinajstić information content (AvgIpc) is 3.15. The molecule has 0 atom stereocenters. The molecule has 1 N–H and O–H groups in total. The molecular weight excluding hydrogens is 469 g/mol. The molecule has 0 spiro atoms. The highest BCUT2D eigenvalue weighted by Gasteiger charge is 2.20. The lowest BCUT2D eigenvalue weighted by Gasteiger charge is -2.36. The smallest absolute Gasteiger partial charge is 0.231 e. The number of aliphatic imine (C=N–C) groups is 1. The number of hydrogen-bond donors (Lipinski definition) is 1. The van der Waals surface area contributed by atoms with E-state index in [1.165, 1.54) is 5.56 Å². The van der Waals surface area contributed by atoms with E-state index in [1.807, 2.05) is 6.07 Å².